The van der Waals surface area contributed by atoms with Crippen LogP contribution in [0.4, 0.5) is 0 Å². The number of carbonyl (C=O) groups excluding carboxylic acids is 2. The second-order valence-electron chi connectivity index (χ2n) is 6.03. The number of amides is 2. The van der Waals surface area contributed by atoms with Crippen molar-refractivity contribution in [3.05, 3.63) is 0 Å². The molecule has 2 amide bonds. The van der Waals surface area contributed by atoms with Gasteiger partial charge >= 0.3 is 5.97 Å². The number of carboxylic acid groups (broad SMARTS) is 1. The molecule has 0 spiro atoms. The number of aliphatic carboxylic acids is 1. The molecule has 6 nitrogen and oxygen atoms in total. The van der Waals surface area contributed by atoms with Crippen LogP contribution in [0.25, 0.3) is 0 Å². The zero-order valence-electron chi connectivity index (χ0n) is 11.6. The van der Waals surface area contributed by atoms with E-state index in [0.717, 1.165) is 19.3 Å². The summed E-state index contributed by atoms with van der Waals surface area (Å²) in [7, 11) is 0. The predicted octanol–water partition coefficient (Wildman–Crippen LogP) is 0.461. The van der Waals surface area contributed by atoms with Crippen molar-refractivity contribution < 1.29 is 19.5 Å². The van der Waals surface area contributed by atoms with Crippen LogP contribution in [-0.2, 0) is 14.4 Å². The summed E-state index contributed by atoms with van der Waals surface area (Å²) in [6.45, 7) is 2.41. The van der Waals surface area contributed by atoms with E-state index in [1.807, 2.05) is 11.8 Å². The molecule has 0 aromatic heterocycles. The van der Waals surface area contributed by atoms with E-state index in [9.17, 15) is 19.5 Å². The van der Waals surface area contributed by atoms with Crippen LogP contribution in [0, 0.1) is 5.92 Å². The number of likely N-dealkylation sites (tertiary alicyclic amines) is 1. The van der Waals surface area contributed by atoms with Gasteiger partial charge in [0.1, 0.15) is 0 Å². The topological polar surface area (TPSA) is 77.9 Å². The van der Waals surface area contributed by atoms with Gasteiger partial charge in [-0.3, -0.25) is 24.2 Å². The molecule has 20 heavy (non-hydrogen) atoms. The molecular weight excluding hydrogens is 260 g/mol. The maximum atomic E-state index is 12.4. The number of hydrogen-bond donors (Lipinski definition) is 1. The van der Waals surface area contributed by atoms with Crippen LogP contribution in [0.15, 0.2) is 0 Å². The highest BCUT2D eigenvalue weighted by molar-refractivity contribution is 6.05. The highest BCUT2D eigenvalue weighted by Crippen LogP contribution is 2.44. The van der Waals surface area contributed by atoms with E-state index in [2.05, 4.69) is 0 Å². The molecule has 6 heteroatoms. The number of hydrogen-bond acceptors (Lipinski definition) is 4. The molecule has 3 heterocycles. The number of carboxylic acids is 1. The Morgan fingerprint density at radius 3 is 2.70 bits per heavy atom. The van der Waals surface area contributed by atoms with Gasteiger partial charge in [0.25, 0.3) is 0 Å². The molecule has 3 fully saturated rings. The van der Waals surface area contributed by atoms with E-state index in [4.69, 9.17) is 0 Å². The van der Waals surface area contributed by atoms with Crippen LogP contribution >= 0.6 is 0 Å². The van der Waals surface area contributed by atoms with Gasteiger partial charge in [-0.15, -0.1) is 0 Å². The lowest BCUT2D eigenvalue weighted by molar-refractivity contribution is -0.144. The molecule has 1 N–H and O–H groups in total. The van der Waals surface area contributed by atoms with Crippen molar-refractivity contribution in [2.75, 3.05) is 6.54 Å². The van der Waals surface area contributed by atoms with Crippen LogP contribution in [0.5, 0.6) is 0 Å². The summed E-state index contributed by atoms with van der Waals surface area (Å²) >= 11 is 0. The normalized spacial score (nSPS) is 37.1. The molecule has 2 bridgehead atoms. The lowest BCUT2D eigenvalue weighted by Gasteiger charge is -2.27. The fourth-order valence-electron chi connectivity index (χ4n) is 4.14. The van der Waals surface area contributed by atoms with Gasteiger partial charge in [-0.1, -0.05) is 6.92 Å². The van der Waals surface area contributed by atoms with Crippen LogP contribution < -0.4 is 0 Å². The van der Waals surface area contributed by atoms with E-state index < -0.39 is 12.0 Å². The second-order valence-corrected chi connectivity index (χ2v) is 6.03. The molecule has 0 aromatic rings. The molecule has 3 aliphatic rings. The van der Waals surface area contributed by atoms with Gasteiger partial charge in [0.2, 0.25) is 11.8 Å². The Hall–Kier alpha value is -1.43. The van der Waals surface area contributed by atoms with Crippen LogP contribution in [0.3, 0.4) is 0 Å². The molecular formula is C14H20N2O4. The van der Waals surface area contributed by atoms with Crippen molar-refractivity contribution in [1.82, 2.24) is 9.80 Å². The van der Waals surface area contributed by atoms with Crippen molar-refractivity contribution in [3.63, 3.8) is 0 Å². The van der Waals surface area contributed by atoms with Crippen molar-refractivity contribution in [3.8, 4) is 0 Å². The monoisotopic (exact) mass is 280 g/mol. The molecule has 4 atom stereocenters. The van der Waals surface area contributed by atoms with Crippen LogP contribution in [0.1, 0.15) is 39.0 Å². The maximum Gasteiger partial charge on any atom is 0.308 e. The molecule has 0 saturated carbocycles. The maximum absolute atomic E-state index is 12.4. The SMILES string of the molecule is CCCN1C(=O)CC(N2C3CCC2C(C(=O)O)C3)C1=O. The Kier molecular flexibility index (Phi) is 3.28. The lowest BCUT2D eigenvalue weighted by atomic mass is 9.89. The third-order valence-electron chi connectivity index (χ3n) is 4.94. The van der Waals surface area contributed by atoms with E-state index >= 15 is 0 Å². The van der Waals surface area contributed by atoms with Crippen molar-refractivity contribution in [1.29, 1.82) is 0 Å². The molecule has 0 aliphatic carbocycles. The fraction of sp³-hybridized carbons (Fsp3) is 0.786. The first-order valence-corrected chi connectivity index (χ1v) is 7.39. The van der Waals surface area contributed by atoms with Gasteiger partial charge in [0.05, 0.1) is 18.4 Å². The molecule has 4 unspecified atom stereocenters. The van der Waals surface area contributed by atoms with Crippen molar-refractivity contribution >= 4 is 17.8 Å². The molecule has 3 saturated heterocycles. The third kappa shape index (κ3) is 1.85. The first-order valence-electron chi connectivity index (χ1n) is 7.39. The average molecular weight is 280 g/mol. The third-order valence-corrected chi connectivity index (χ3v) is 4.94. The largest absolute Gasteiger partial charge is 0.481 e. The van der Waals surface area contributed by atoms with Gasteiger partial charge in [-0.2, -0.15) is 0 Å². The predicted molar refractivity (Wildman–Crippen MR) is 69.8 cm³/mol. The number of imide groups is 1. The summed E-state index contributed by atoms with van der Waals surface area (Å²) < 4.78 is 0. The van der Waals surface area contributed by atoms with Crippen LogP contribution in [-0.4, -0.2) is 57.4 Å². The zero-order valence-corrected chi connectivity index (χ0v) is 11.6. The number of fused-ring (bicyclic) bond motifs is 2. The summed E-state index contributed by atoms with van der Waals surface area (Å²) in [6, 6.07) is -0.332. The van der Waals surface area contributed by atoms with E-state index in [1.54, 1.807) is 0 Å². The van der Waals surface area contributed by atoms with Crippen molar-refractivity contribution in [2.45, 2.75) is 57.2 Å². The average Bonchev–Trinajstić information content (AvgIpc) is 3.05. The Morgan fingerprint density at radius 1 is 1.35 bits per heavy atom. The van der Waals surface area contributed by atoms with Crippen LogP contribution in [0.2, 0.25) is 0 Å². The quantitative estimate of drug-likeness (QED) is 0.757. The number of nitrogens with zero attached hydrogens (tertiary/aromatic N) is 2. The summed E-state index contributed by atoms with van der Waals surface area (Å²) in [5.41, 5.74) is 0. The van der Waals surface area contributed by atoms with Gasteiger partial charge in [0, 0.05) is 18.6 Å². The highest BCUT2D eigenvalue weighted by Gasteiger charge is 2.55. The summed E-state index contributed by atoms with van der Waals surface area (Å²) in [5, 5.41) is 9.26. The molecule has 0 radical (unpaired) electrons. The van der Waals surface area contributed by atoms with Gasteiger partial charge in [0.15, 0.2) is 0 Å². The van der Waals surface area contributed by atoms with Crippen molar-refractivity contribution in [2.24, 2.45) is 5.92 Å². The second kappa shape index (κ2) is 4.84. The molecule has 110 valence electrons. The molecule has 3 rings (SSSR count). The standard InChI is InChI=1S/C14H20N2O4/c1-2-5-15-12(17)7-11(13(15)18)16-8-3-4-10(16)9(6-8)14(19)20/h8-11H,2-7H2,1H3,(H,19,20). The molecule has 0 aromatic carbocycles. The molecule has 3 aliphatic heterocycles. The minimum absolute atomic E-state index is 0.0687. The summed E-state index contributed by atoms with van der Waals surface area (Å²) in [6.07, 6.45) is 3.37. The van der Waals surface area contributed by atoms with Gasteiger partial charge < -0.3 is 5.11 Å². The highest BCUT2D eigenvalue weighted by atomic mass is 16.4. The smallest absolute Gasteiger partial charge is 0.308 e. The number of carbonyl (C=O) groups is 3. The number of rotatable bonds is 4. The lowest BCUT2D eigenvalue weighted by Crippen LogP contribution is -2.45. The minimum atomic E-state index is -0.774. The van der Waals surface area contributed by atoms with E-state index in [1.165, 1.54) is 4.90 Å². The summed E-state index contributed by atoms with van der Waals surface area (Å²) in [4.78, 5) is 39.0. The van der Waals surface area contributed by atoms with E-state index in [0.29, 0.717) is 13.0 Å². The zero-order chi connectivity index (χ0) is 14.4. The Labute approximate surface area is 117 Å². The fourth-order valence-corrected chi connectivity index (χ4v) is 4.14. The first kappa shape index (κ1) is 13.5. The van der Waals surface area contributed by atoms with E-state index in [-0.39, 0.29) is 36.2 Å². The van der Waals surface area contributed by atoms with Gasteiger partial charge in [-0.25, -0.2) is 0 Å². The Bertz CT molecular complexity index is 464. The first-order chi connectivity index (χ1) is 9.54. The summed E-state index contributed by atoms with van der Waals surface area (Å²) in [5.74, 6) is -1.39. The Balaban J connectivity index is 1.79. The minimum Gasteiger partial charge on any atom is -0.481 e. The van der Waals surface area contributed by atoms with Gasteiger partial charge in [-0.05, 0) is 25.7 Å². The Morgan fingerprint density at radius 2 is 2.10 bits per heavy atom.